The van der Waals surface area contributed by atoms with Crippen molar-refractivity contribution in [2.45, 2.75) is 31.8 Å². The van der Waals surface area contributed by atoms with Crippen molar-refractivity contribution in [1.29, 1.82) is 0 Å². The summed E-state index contributed by atoms with van der Waals surface area (Å²) >= 11 is 0. The summed E-state index contributed by atoms with van der Waals surface area (Å²) in [6, 6.07) is 14.4. The SMILES string of the molecule is O=C(O)C1CC(N2CCc3nc(C#Cc4ccccc4)ccc3C2)C1. The topological polar surface area (TPSA) is 53.4 Å². The van der Waals surface area contributed by atoms with Gasteiger partial charge in [0.25, 0.3) is 0 Å². The Morgan fingerprint density at radius 3 is 2.68 bits per heavy atom. The summed E-state index contributed by atoms with van der Waals surface area (Å²) in [5, 5.41) is 9.03. The van der Waals surface area contributed by atoms with Crippen LogP contribution in [0, 0.1) is 17.8 Å². The number of aliphatic carboxylic acids is 1. The summed E-state index contributed by atoms with van der Waals surface area (Å²) < 4.78 is 0. The average Bonchev–Trinajstić information content (AvgIpc) is 2.59. The summed E-state index contributed by atoms with van der Waals surface area (Å²) in [5.74, 6) is 5.49. The number of hydrogen-bond acceptors (Lipinski definition) is 3. The molecule has 1 fully saturated rings. The number of carbonyl (C=O) groups is 1. The van der Waals surface area contributed by atoms with Crippen molar-refractivity contribution in [2.24, 2.45) is 5.92 Å². The first kappa shape index (κ1) is 15.9. The molecular weight excluding hydrogens is 312 g/mol. The first-order valence-corrected chi connectivity index (χ1v) is 8.72. The summed E-state index contributed by atoms with van der Waals surface area (Å²) in [4.78, 5) is 18.1. The minimum Gasteiger partial charge on any atom is -0.481 e. The van der Waals surface area contributed by atoms with Gasteiger partial charge in [0.05, 0.1) is 5.92 Å². The Hall–Kier alpha value is -2.64. The van der Waals surface area contributed by atoms with Gasteiger partial charge in [-0.25, -0.2) is 4.98 Å². The monoisotopic (exact) mass is 332 g/mol. The average molecular weight is 332 g/mol. The number of nitrogens with zero attached hydrogens (tertiary/aromatic N) is 2. The molecule has 4 rings (SSSR count). The largest absolute Gasteiger partial charge is 0.481 e. The quantitative estimate of drug-likeness (QED) is 0.859. The van der Waals surface area contributed by atoms with Gasteiger partial charge in [-0.05, 0) is 42.5 Å². The van der Waals surface area contributed by atoms with Gasteiger partial charge in [0.2, 0.25) is 0 Å². The van der Waals surface area contributed by atoms with Gasteiger partial charge in [0, 0.05) is 36.8 Å². The number of hydrogen-bond donors (Lipinski definition) is 1. The highest BCUT2D eigenvalue weighted by Gasteiger charge is 2.38. The zero-order valence-electron chi connectivity index (χ0n) is 14.0. The van der Waals surface area contributed by atoms with Crippen LogP contribution >= 0.6 is 0 Å². The zero-order chi connectivity index (χ0) is 17.2. The highest BCUT2D eigenvalue weighted by molar-refractivity contribution is 5.71. The van der Waals surface area contributed by atoms with E-state index < -0.39 is 5.97 Å². The lowest BCUT2D eigenvalue weighted by Crippen LogP contribution is -2.48. The summed E-state index contributed by atoms with van der Waals surface area (Å²) in [5.41, 5.74) is 4.18. The second-order valence-corrected chi connectivity index (χ2v) is 6.80. The molecule has 0 amide bonds. The Balaban J connectivity index is 1.43. The molecule has 1 aliphatic carbocycles. The fraction of sp³-hybridized carbons (Fsp3) is 0.333. The van der Waals surface area contributed by atoms with Gasteiger partial charge in [0.1, 0.15) is 5.69 Å². The second-order valence-electron chi connectivity index (χ2n) is 6.80. The molecule has 0 unspecified atom stereocenters. The van der Waals surface area contributed by atoms with Gasteiger partial charge in [-0.1, -0.05) is 30.2 Å². The van der Waals surface area contributed by atoms with Crippen molar-refractivity contribution >= 4 is 5.97 Å². The standard InChI is InChI=1S/C21H20N2O2/c24-21(25)17-12-19(13-17)23-11-10-20-16(14-23)7-9-18(22-20)8-6-15-4-2-1-3-5-15/h1-5,7,9,17,19H,10-14H2,(H,24,25). The van der Waals surface area contributed by atoms with Crippen LogP contribution in [0.25, 0.3) is 0 Å². The van der Waals surface area contributed by atoms with E-state index in [9.17, 15) is 4.79 Å². The van der Waals surface area contributed by atoms with Gasteiger partial charge < -0.3 is 5.11 Å². The van der Waals surface area contributed by atoms with Gasteiger partial charge in [-0.2, -0.15) is 0 Å². The third kappa shape index (κ3) is 3.42. The lowest BCUT2D eigenvalue weighted by Gasteiger charge is -2.43. The van der Waals surface area contributed by atoms with Crippen LogP contribution in [-0.2, 0) is 17.8 Å². The van der Waals surface area contributed by atoms with Gasteiger partial charge >= 0.3 is 5.97 Å². The van der Waals surface area contributed by atoms with E-state index in [1.165, 1.54) is 5.56 Å². The number of carboxylic acid groups (broad SMARTS) is 1. The van der Waals surface area contributed by atoms with Crippen molar-refractivity contribution < 1.29 is 9.90 Å². The van der Waals surface area contributed by atoms with Crippen LogP contribution in [0.4, 0.5) is 0 Å². The smallest absolute Gasteiger partial charge is 0.306 e. The van der Waals surface area contributed by atoms with Crippen molar-refractivity contribution in [1.82, 2.24) is 9.88 Å². The Morgan fingerprint density at radius 1 is 1.12 bits per heavy atom. The number of aromatic nitrogens is 1. The molecular formula is C21H20N2O2. The lowest BCUT2D eigenvalue weighted by molar-refractivity contribution is -0.147. The Morgan fingerprint density at radius 2 is 1.92 bits per heavy atom. The molecule has 1 aliphatic heterocycles. The minimum atomic E-state index is -0.656. The molecule has 25 heavy (non-hydrogen) atoms. The highest BCUT2D eigenvalue weighted by Crippen LogP contribution is 2.34. The number of benzene rings is 1. The molecule has 0 saturated heterocycles. The molecule has 4 nitrogen and oxygen atoms in total. The first-order chi connectivity index (χ1) is 12.2. The van der Waals surface area contributed by atoms with Crippen LogP contribution in [0.3, 0.4) is 0 Å². The highest BCUT2D eigenvalue weighted by atomic mass is 16.4. The predicted molar refractivity (Wildman–Crippen MR) is 94.9 cm³/mol. The Kier molecular flexibility index (Phi) is 4.25. The molecule has 126 valence electrons. The molecule has 0 spiro atoms. The maximum atomic E-state index is 11.0. The molecule has 1 aromatic carbocycles. The van der Waals surface area contributed by atoms with E-state index in [0.29, 0.717) is 6.04 Å². The predicted octanol–water partition coefficient (Wildman–Crippen LogP) is 2.70. The van der Waals surface area contributed by atoms with E-state index in [0.717, 1.165) is 49.3 Å². The fourth-order valence-corrected chi connectivity index (χ4v) is 3.56. The lowest BCUT2D eigenvalue weighted by atomic mass is 9.78. The summed E-state index contributed by atoms with van der Waals surface area (Å²) in [6.45, 7) is 1.82. The minimum absolute atomic E-state index is 0.153. The molecule has 0 radical (unpaired) electrons. The number of rotatable bonds is 2. The molecule has 1 aromatic heterocycles. The van der Waals surface area contributed by atoms with E-state index in [4.69, 9.17) is 10.1 Å². The van der Waals surface area contributed by atoms with E-state index in [2.05, 4.69) is 22.8 Å². The van der Waals surface area contributed by atoms with Crippen LogP contribution in [-0.4, -0.2) is 33.5 Å². The van der Waals surface area contributed by atoms with Crippen LogP contribution in [0.1, 0.15) is 35.4 Å². The van der Waals surface area contributed by atoms with Crippen molar-refractivity contribution in [3.8, 4) is 11.8 Å². The normalized spacial score (nSPS) is 22.2. The molecule has 0 atom stereocenters. The van der Waals surface area contributed by atoms with Crippen LogP contribution in [0.15, 0.2) is 42.5 Å². The van der Waals surface area contributed by atoms with Crippen LogP contribution in [0.2, 0.25) is 0 Å². The molecule has 1 N–H and O–H groups in total. The summed E-state index contributed by atoms with van der Waals surface area (Å²) in [6.07, 6.45) is 2.46. The van der Waals surface area contributed by atoms with Gasteiger partial charge in [0.15, 0.2) is 0 Å². The van der Waals surface area contributed by atoms with Crippen LogP contribution in [0.5, 0.6) is 0 Å². The third-order valence-electron chi connectivity index (χ3n) is 5.17. The molecule has 1 saturated carbocycles. The van der Waals surface area contributed by atoms with Crippen molar-refractivity contribution in [3.63, 3.8) is 0 Å². The van der Waals surface area contributed by atoms with Crippen LogP contribution < -0.4 is 0 Å². The zero-order valence-corrected chi connectivity index (χ0v) is 14.0. The van der Waals surface area contributed by atoms with Crippen molar-refractivity contribution in [2.75, 3.05) is 6.54 Å². The molecule has 2 aromatic rings. The fourth-order valence-electron chi connectivity index (χ4n) is 3.56. The van der Waals surface area contributed by atoms with E-state index >= 15 is 0 Å². The Bertz CT molecular complexity index is 845. The Labute approximate surface area is 147 Å². The van der Waals surface area contributed by atoms with E-state index in [1.807, 2.05) is 36.4 Å². The van der Waals surface area contributed by atoms with Crippen molar-refractivity contribution in [3.05, 3.63) is 65.0 Å². The maximum Gasteiger partial charge on any atom is 0.306 e. The van der Waals surface area contributed by atoms with E-state index in [1.54, 1.807) is 0 Å². The van der Waals surface area contributed by atoms with Gasteiger partial charge in [-0.3, -0.25) is 9.69 Å². The second kappa shape index (κ2) is 6.70. The summed E-state index contributed by atoms with van der Waals surface area (Å²) in [7, 11) is 0. The maximum absolute atomic E-state index is 11.0. The number of carboxylic acids is 1. The molecule has 2 aliphatic rings. The molecule has 2 heterocycles. The molecule has 4 heteroatoms. The number of fused-ring (bicyclic) bond motifs is 1. The van der Waals surface area contributed by atoms with Gasteiger partial charge in [-0.15, -0.1) is 0 Å². The number of pyridine rings is 1. The van der Waals surface area contributed by atoms with E-state index in [-0.39, 0.29) is 5.92 Å². The first-order valence-electron chi connectivity index (χ1n) is 8.72. The third-order valence-corrected chi connectivity index (χ3v) is 5.17. The molecule has 0 bridgehead atoms.